The maximum Gasteiger partial charge on any atom is 0.0220 e. The van der Waals surface area contributed by atoms with Gasteiger partial charge in [0.2, 0.25) is 0 Å². The van der Waals surface area contributed by atoms with E-state index in [4.69, 9.17) is 0 Å². The van der Waals surface area contributed by atoms with Crippen molar-refractivity contribution in [1.29, 1.82) is 0 Å². The lowest BCUT2D eigenvalue weighted by molar-refractivity contribution is 0.187. The topological polar surface area (TPSA) is 15.3 Å². The van der Waals surface area contributed by atoms with Crippen LogP contribution in [0.1, 0.15) is 58.3 Å². The van der Waals surface area contributed by atoms with E-state index in [0.29, 0.717) is 0 Å². The van der Waals surface area contributed by atoms with Gasteiger partial charge in [0.15, 0.2) is 0 Å². The molecular formula is C14H28N2. The minimum Gasteiger partial charge on any atom is -0.312 e. The molecule has 0 aromatic rings. The minimum absolute atomic E-state index is 0.809. The second-order valence-corrected chi connectivity index (χ2v) is 5.58. The zero-order valence-corrected chi connectivity index (χ0v) is 10.9. The van der Waals surface area contributed by atoms with E-state index < -0.39 is 0 Å². The Hall–Kier alpha value is -0.0800. The van der Waals surface area contributed by atoms with E-state index in [0.717, 1.165) is 12.1 Å². The Morgan fingerprint density at radius 1 is 1.12 bits per heavy atom. The molecule has 1 N–H and O–H groups in total. The van der Waals surface area contributed by atoms with Gasteiger partial charge in [-0.1, -0.05) is 26.2 Å². The third-order valence-electron chi connectivity index (χ3n) is 4.00. The molecule has 2 aliphatic rings. The number of likely N-dealkylation sites (tertiary alicyclic amines) is 1. The van der Waals surface area contributed by atoms with Gasteiger partial charge >= 0.3 is 0 Å². The minimum atomic E-state index is 0.809. The summed E-state index contributed by atoms with van der Waals surface area (Å²) >= 11 is 0. The summed E-state index contributed by atoms with van der Waals surface area (Å²) in [6.07, 6.45) is 11.3. The van der Waals surface area contributed by atoms with Crippen LogP contribution in [0.25, 0.3) is 0 Å². The maximum absolute atomic E-state index is 3.72. The summed E-state index contributed by atoms with van der Waals surface area (Å²) in [5.41, 5.74) is 0. The van der Waals surface area contributed by atoms with Crippen molar-refractivity contribution in [2.24, 2.45) is 0 Å². The van der Waals surface area contributed by atoms with Crippen molar-refractivity contribution in [3.05, 3.63) is 0 Å². The summed E-state index contributed by atoms with van der Waals surface area (Å²) in [6.45, 7) is 6.24. The average molecular weight is 224 g/mol. The highest BCUT2D eigenvalue weighted by molar-refractivity contribution is 4.84. The molecule has 0 spiro atoms. The fraction of sp³-hybridized carbons (Fsp3) is 1.00. The molecule has 1 heterocycles. The lowest BCUT2D eigenvalue weighted by Crippen LogP contribution is -2.43. The van der Waals surface area contributed by atoms with Gasteiger partial charge in [-0.2, -0.15) is 0 Å². The van der Waals surface area contributed by atoms with Crippen molar-refractivity contribution in [2.75, 3.05) is 19.6 Å². The summed E-state index contributed by atoms with van der Waals surface area (Å²) in [7, 11) is 0. The highest BCUT2D eigenvalue weighted by atomic mass is 15.2. The van der Waals surface area contributed by atoms with Crippen LogP contribution in [0, 0.1) is 0 Å². The SMILES string of the molecule is CCCC(CNC1CC1)N1CCCCCC1. The molecule has 0 aromatic carbocycles. The van der Waals surface area contributed by atoms with Crippen LogP contribution in [0.3, 0.4) is 0 Å². The fourth-order valence-corrected chi connectivity index (χ4v) is 2.80. The first kappa shape index (κ1) is 12.4. The van der Waals surface area contributed by atoms with Gasteiger partial charge in [0.05, 0.1) is 0 Å². The Bertz CT molecular complexity index is 181. The van der Waals surface area contributed by atoms with Crippen molar-refractivity contribution in [3.63, 3.8) is 0 Å². The van der Waals surface area contributed by atoms with Crippen LogP contribution in [-0.2, 0) is 0 Å². The van der Waals surface area contributed by atoms with Crippen molar-refractivity contribution in [3.8, 4) is 0 Å². The third-order valence-corrected chi connectivity index (χ3v) is 4.00. The first-order valence-electron chi connectivity index (χ1n) is 7.37. The predicted molar refractivity (Wildman–Crippen MR) is 69.8 cm³/mol. The lowest BCUT2D eigenvalue weighted by atomic mass is 10.1. The molecule has 0 aromatic heterocycles. The van der Waals surface area contributed by atoms with Crippen LogP contribution >= 0.6 is 0 Å². The van der Waals surface area contributed by atoms with E-state index in [2.05, 4.69) is 17.1 Å². The molecule has 1 saturated carbocycles. The van der Waals surface area contributed by atoms with E-state index in [-0.39, 0.29) is 0 Å². The number of hydrogen-bond acceptors (Lipinski definition) is 2. The molecule has 0 bridgehead atoms. The molecule has 1 atom stereocenters. The van der Waals surface area contributed by atoms with Crippen LogP contribution in [-0.4, -0.2) is 36.6 Å². The van der Waals surface area contributed by atoms with E-state index in [9.17, 15) is 0 Å². The van der Waals surface area contributed by atoms with Gasteiger partial charge in [0.1, 0.15) is 0 Å². The molecule has 2 fully saturated rings. The highest BCUT2D eigenvalue weighted by Crippen LogP contribution is 2.20. The molecule has 0 radical (unpaired) electrons. The van der Waals surface area contributed by atoms with E-state index in [1.807, 2.05) is 0 Å². The second-order valence-electron chi connectivity index (χ2n) is 5.58. The van der Waals surface area contributed by atoms with Crippen LogP contribution in [0.4, 0.5) is 0 Å². The van der Waals surface area contributed by atoms with Gasteiger partial charge in [0, 0.05) is 18.6 Å². The standard InChI is InChI=1S/C14H28N2/c1-2-7-14(12-15-13-8-9-13)16-10-5-3-4-6-11-16/h13-15H,2-12H2,1H3. The van der Waals surface area contributed by atoms with E-state index in [1.165, 1.54) is 71.0 Å². The van der Waals surface area contributed by atoms with Gasteiger partial charge in [-0.3, -0.25) is 4.90 Å². The zero-order valence-electron chi connectivity index (χ0n) is 10.9. The first-order chi connectivity index (χ1) is 7.90. The molecule has 94 valence electrons. The van der Waals surface area contributed by atoms with Crippen molar-refractivity contribution < 1.29 is 0 Å². The van der Waals surface area contributed by atoms with Gasteiger partial charge in [-0.15, -0.1) is 0 Å². The Balaban J connectivity index is 1.77. The molecule has 2 heteroatoms. The lowest BCUT2D eigenvalue weighted by Gasteiger charge is -2.30. The van der Waals surface area contributed by atoms with Crippen molar-refractivity contribution >= 4 is 0 Å². The van der Waals surface area contributed by atoms with Gasteiger partial charge in [-0.05, 0) is 45.2 Å². The number of hydrogen-bond donors (Lipinski definition) is 1. The third kappa shape index (κ3) is 4.06. The Kier molecular flexibility index (Phi) is 5.11. The molecule has 1 saturated heterocycles. The average Bonchev–Trinajstić information content (AvgIpc) is 3.11. The second kappa shape index (κ2) is 6.61. The molecule has 1 unspecified atom stereocenters. The van der Waals surface area contributed by atoms with Gasteiger partial charge in [0.25, 0.3) is 0 Å². The molecule has 2 rings (SSSR count). The van der Waals surface area contributed by atoms with E-state index >= 15 is 0 Å². The monoisotopic (exact) mass is 224 g/mol. The maximum atomic E-state index is 3.72. The Morgan fingerprint density at radius 3 is 2.38 bits per heavy atom. The molecule has 0 amide bonds. The number of rotatable bonds is 6. The summed E-state index contributed by atoms with van der Waals surface area (Å²) in [4.78, 5) is 2.76. The Labute approximate surface area is 101 Å². The van der Waals surface area contributed by atoms with Crippen LogP contribution in [0.2, 0.25) is 0 Å². The molecule has 1 aliphatic carbocycles. The molecular weight excluding hydrogens is 196 g/mol. The van der Waals surface area contributed by atoms with Gasteiger partial charge in [-0.25, -0.2) is 0 Å². The summed E-state index contributed by atoms with van der Waals surface area (Å²) in [6, 6.07) is 1.68. The van der Waals surface area contributed by atoms with Crippen molar-refractivity contribution in [1.82, 2.24) is 10.2 Å². The van der Waals surface area contributed by atoms with Crippen LogP contribution in [0.15, 0.2) is 0 Å². The summed E-state index contributed by atoms with van der Waals surface area (Å²) in [5, 5.41) is 3.72. The zero-order chi connectivity index (χ0) is 11.2. The summed E-state index contributed by atoms with van der Waals surface area (Å²) < 4.78 is 0. The van der Waals surface area contributed by atoms with Crippen LogP contribution < -0.4 is 5.32 Å². The molecule has 16 heavy (non-hydrogen) atoms. The largest absolute Gasteiger partial charge is 0.312 e. The van der Waals surface area contributed by atoms with Crippen LogP contribution in [0.5, 0.6) is 0 Å². The first-order valence-corrected chi connectivity index (χ1v) is 7.37. The summed E-state index contributed by atoms with van der Waals surface area (Å²) in [5.74, 6) is 0. The van der Waals surface area contributed by atoms with Crippen molar-refractivity contribution in [2.45, 2.75) is 70.4 Å². The van der Waals surface area contributed by atoms with E-state index in [1.54, 1.807) is 0 Å². The molecule has 2 nitrogen and oxygen atoms in total. The van der Waals surface area contributed by atoms with Gasteiger partial charge < -0.3 is 5.32 Å². The normalized spacial score (nSPS) is 25.3. The number of nitrogens with zero attached hydrogens (tertiary/aromatic N) is 1. The Morgan fingerprint density at radius 2 is 1.81 bits per heavy atom. The fourth-order valence-electron chi connectivity index (χ4n) is 2.80. The number of nitrogens with one attached hydrogen (secondary N) is 1. The smallest absolute Gasteiger partial charge is 0.0220 e. The quantitative estimate of drug-likeness (QED) is 0.746. The predicted octanol–water partition coefficient (Wildman–Crippen LogP) is 2.78. The molecule has 1 aliphatic heterocycles. The highest BCUT2D eigenvalue weighted by Gasteiger charge is 2.24.